The molecule has 1 aromatic rings. The van der Waals surface area contributed by atoms with Crippen molar-refractivity contribution in [2.45, 2.75) is 39.3 Å². The molecule has 1 heterocycles. The smallest absolute Gasteiger partial charge is 0.0419 e. The lowest BCUT2D eigenvalue weighted by Gasteiger charge is -2.11. The van der Waals surface area contributed by atoms with E-state index in [0.717, 1.165) is 24.8 Å². The van der Waals surface area contributed by atoms with Crippen molar-refractivity contribution >= 4 is 5.69 Å². The van der Waals surface area contributed by atoms with E-state index in [2.05, 4.69) is 28.6 Å². The zero-order chi connectivity index (χ0) is 10.7. The molecule has 15 heavy (non-hydrogen) atoms. The van der Waals surface area contributed by atoms with Gasteiger partial charge in [-0.3, -0.25) is 4.98 Å². The second-order valence-corrected chi connectivity index (χ2v) is 4.17. The number of anilines is 1. The zero-order valence-corrected chi connectivity index (χ0v) is 9.51. The lowest BCUT2D eigenvalue weighted by molar-refractivity contribution is 0.686. The number of aryl methyl sites for hydroxylation is 1. The van der Waals surface area contributed by atoms with E-state index in [1.54, 1.807) is 0 Å². The number of pyridine rings is 1. The number of hydrogen-bond acceptors (Lipinski definition) is 3. The normalized spacial score (nSPS) is 15.3. The summed E-state index contributed by atoms with van der Waals surface area (Å²) in [6, 6.07) is 2.87. The topological polar surface area (TPSA) is 37.0 Å². The van der Waals surface area contributed by atoms with Crippen LogP contribution in [-0.2, 0) is 6.54 Å². The number of aromatic nitrogens is 1. The Kier molecular flexibility index (Phi) is 3.21. The number of nitrogens with zero attached hydrogens (tertiary/aromatic N) is 1. The fourth-order valence-corrected chi connectivity index (χ4v) is 1.63. The van der Waals surface area contributed by atoms with Crippen molar-refractivity contribution in [3.8, 4) is 0 Å². The molecule has 0 aliphatic heterocycles. The molecule has 82 valence electrons. The van der Waals surface area contributed by atoms with Gasteiger partial charge in [0.25, 0.3) is 0 Å². The Hall–Kier alpha value is -1.09. The van der Waals surface area contributed by atoms with Crippen LogP contribution in [-0.4, -0.2) is 17.6 Å². The maximum atomic E-state index is 4.34. The molecular formula is C12H19N3. The van der Waals surface area contributed by atoms with Gasteiger partial charge in [0.15, 0.2) is 0 Å². The van der Waals surface area contributed by atoms with Gasteiger partial charge < -0.3 is 10.6 Å². The van der Waals surface area contributed by atoms with Crippen molar-refractivity contribution in [2.24, 2.45) is 0 Å². The second-order valence-electron chi connectivity index (χ2n) is 4.17. The summed E-state index contributed by atoms with van der Waals surface area (Å²) in [5.74, 6) is 0. The van der Waals surface area contributed by atoms with Crippen molar-refractivity contribution in [2.75, 3.05) is 11.9 Å². The molecule has 1 fully saturated rings. The molecule has 0 aromatic carbocycles. The Morgan fingerprint density at radius 1 is 1.47 bits per heavy atom. The van der Waals surface area contributed by atoms with E-state index in [0.29, 0.717) is 0 Å². The first kappa shape index (κ1) is 10.4. The third-order valence-electron chi connectivity index (χ3n) is 2.65. The number of rotatable bonds is 5. The highest BCUT2D eigenvalue weighted by Gasteiger charge is 2.20. The summed E-state index contributed by atoms with van der Waals surface area (Å²) in [6.07, 6.45) is 4.63. The molecule has 0 amide bonds. The minimum atomic E-state index is 0.751. The molecule has 0 atom stereocenters. The van der Waals surface area contributed by atoms with E-state index in [1.165, 1.54) is 24.1 Å². The van der Waals surface area contributed by atoms with Gasteiger partial charge in [-0.25, -0.2) is 0 Å². The first-order valence-electron chi connectivity index (χ1n) is 5.72. The maximum Gasteiger partial charge on any atom is 0.0419 e. The first-order valence-corrected chi connectivity index (χ1v) is 5.72. The highest BCUT2D eigenvalue weighted by molar-refractivity contribution is 5.50. The Morgan fingerprint density at radius 2 is 2.27 bits per heavy atom. The molecule has 0 saturated heterocycles. The van der Waals surface area contributed by atoms with E-state index in [9.17, 15) is 0 Å². The molecule has 1 aliphatic carbocycles. The van der Waals surface area contributed by atoms with Crippen LogP contribution in [0.5, 0.6) is 0 Å². The van der Waals surface area contributed by atoms with Gasteiger partial charge in [-0.15, -0.1) is 0 Å². The third kappa shape index (κ3) is 2.93. The van der Waals surface area contributed by atoms with Crippen LogP contribution in [0.25, 0.3) is 0 Å². The van der Waals surface area contributed by atoms with Gasteiger partial charge in [-0.1, -0.05) is 0 Å². The molecule has 0 radical (unpaired) electrons. The van der Waals surface area contributed by atoms with Crippen LogP contribution in [0.1, 0.15) is 31.0 Å². The molecule has 0 bridgehead atoms. The summed E-state index contributed by atoms with van der Waals surface area (Å²) < 4.78 is 0. The van der Waals surface area contributed by atoms with E-state index in [-0.39, 0.29) is 0 Å². The standard InChI is InChI=1S/C12H19N3/c1-3-13-12-6-9(2)14-7-10(12)8-15-11-4-5-11/h6-7,11,15H,3-5,8H2,1-2H3,(H,13,14). The van der Waals surface area contributed by atoms with Crippen molar-refractivity contribution in [1.29, 1.82) is 0 Å². The summed E-state index contributed by atoms with van der Waals surface area (Å²) in [4.78, 5) is 4.34. The monoisotopic (exact) mass is 205 g/mol. The van der Waals surface area contributed by atoms with Crippen LogP contribution in [0, 0.1) is 6.92 Å². The predicted molar refractivity (Wildman–Crippen MR) is 63.0 cm³/mol. The fraction of sp³-hybridized carbons (Fsp3) is 0.583. The van der Waals surface area contributed by atoms with E-state index in [1.807, 2.05) is 13.1 Å². The Labute approximate surface area is 91.3 Å². The quantitative estimate of drug-likeness (QED) is 0.772. The van der Waals surface area contributed by atoms with Gasteiger partial charge in [0.05, 0.1) is 0 Å². The van der Waals surface area contributed by atoms with Crippen molar-refractivity contribution < 1.29 is 0 Å². The van der Waals surface area contributed by atoms with Gasteiger partial charge in [0, 0.05) is 42.3 Å². The molecule has 1 saturated carbocycles. The summed E-state index contributed by atoms with van der Waals surface area (Å²) in [6.45, 7) is 6.03. The largest absolute Gasteiger partial charge is 0.385 e. The lowest BCUT2D eigenvalue weighted by atomic mass is 10.2. The molecule has 2 rings (SSSR count). The van der Waals surface area contributed by atoms with Crippen LogP contribution in [0.3, 0.4) is 0 Å². The number of hydrogen-bond donors (Lipinski definition) is 2. The van der Waals surface area contributed by atoms with E-state index >= 15 is 0 Å². The van der Waals surface area contributed by atoms with Crippen LogP contribution >= 0.6 is 0 Å². The second kappa shape index (κ2) is 4.62. The summed E-state index contributed by atoms with van der Waals surface area (Å²) in [7, 11) is 0. The van der Waals surface area contributed by atoms with Crippen LogP contribution in [0.2, 0.25) is 0 Å². The average Bonchev–Trinajstić information content (AvgIpc) is 3.01. The predicted octanol–water partition coefficient (Wildman–Crippen LogP) is 2.07. The van der Waals surface area contributed by atoms with Gasteiger partial charge >= 0.3 is 0 Å². The molecule has 3 heteroatoms. The van der Waals surface area contributed by atoms with Gasteiger partial charge in [0.1, 0.15) is 0 Å². The van der Waals surface area contributed by atoms with Crippen molar-refractivity contribution in [1.82, 2.24) is 10.3 Å². The Balaban J connectivity index is 2.04. The SMILES string of the molecule is CCNc1cc(C)ncc1CNC1CC1. The molecule has 0 spiro atoms. The van der Waals surface area contributed by atoms with Gasteiger partial charge in [-0.05, 0) is 32.8 Å². The highest BCUT2D eigenvalue weighted by atomic mass is 15.0. The van der Waals surface area contributed by atoms with E-state index in [4.69, 9.17) is 0 Å². The third-order valence-corrected chi connectivity index (χ3v) is 2.65. The lowest BCUT2D eigenvalue weighted by Crippen LogP contribution is -2.17. The van der Waals surface area contributed by atoms with E-state index < -0.39 is 0 Å². The molecule has 3 nitrogen and oxygen atoms in total. The fourth-order valence-electron chi connectivity index (χ4n) is 1.63. The molecule has 2 N–H and O–H groups in total. The minimum Gasteiger partial charge on any atom is -0.385 e. The van der Waals surface area contributed by atoms with Gasteiger partial charge in [0.2, 0.25) is 0 Å². The van der Waals surface area contributed by atoms with Crippen molar-refractivity contribution in [3.05, 3.63) is 23.5 Å². The zero-order valence-electron chi connectivity index (χ0n) is 9.51. The minimum absolute atomic E-state index is 0.751. The first-order chi connectivity index (χ1) is 7.29. The maximum absolute atomic E-state index is 4.34. The molecule has 1 aliphatic rings. The van der Waals surface area contributed by atoms with Crippen LogP contribution < -0.4 is 10.6 Å². The highest BCUT2D eigenvalue weighted by Crippen LogP contribution is 2.21. The van der Waals surface area contributed by atoms with Crippen LogP contribution in [0.15, 0.2) is 12.3 Å². The van der Waals surface area contributed by atoms with Gasteiger partial charge in [-0.2, -0.15) is 0 Å². The summed E-state index contributed by atoms with van der Waals surface area (Å²) in [5, 5.41) is 6.89. The Bertz CT molecular complexity index is 332. The molecule has 1 aromatic heterocycles. The molecule has 0 unspecified atom stereocenters. The summed E-state index contributed by atoms with van der Waals surface area (Å²) in [5.41, 5.74) is 3.56. The van der Waals surface area contributed by atoms with Crippen molar-refractivity contribution in [3.63, 3.8) is 0 Å². The van der Waals surface area contributed by atoms with Crippen LogP contribution in [0.4, 0.5) is 5.69 Å². The number of nitrogens with one attached hydrogen (secondary N) is 2. The summed E-state index contributed by atoms with van der Waals surface area (Å²) >= 11 is 0. The average molecular weight is 205 g/mol. The Morgan fingerprint density at radius 3 is 2.93 bits per heavy atom. The molecular weight excluding hydrogens is 186 g/mol.